The Morgan fingerprint density at radius 3 is 2.47 bits per heavy atom. The number of benzene rings is 2. The average molecular weight is 450 g/mol. The fraction of sp³-hybridized carbons (Fsp3) is 0.250. The van der Waals surface area contributed by atoms with Crippen LogP contribution in [0.4, 0.5) is 5.69 Å². The van der Waals surface area contributed by atoms with Gasteiger partial charge in [-0.3, -0.25) is 19.5 Å². The number of aryl methyl sites for hydroxylation is 1. The predicted octanol–water partition coefficient (Wildman–Crippen LogP) is 3.71. The number of aromatic nitrogens is 1. The Kier molecular flexibility index (Phi) is 5.56. The maximum Gasteiger partial charge on any atom is 0.271 e. The highest BCUT2D eigenvalue weighted by Crippen LogP contribution is 2.34. The third-order valence-electron chi connectivity index (χ3n) is 5.81. The minimum atomic E-state index is -0.443. The van der Waals surface area contributed by atoms with Gasteiger partial charge in [-0.05, 0) is 85.9 Å². The molecule has 1 aliphatic heterocycles. The van der Waals surface area contributed by atoms with Gasteiger partial charge in [-0.15, -0.1) is 0 Å². The highest BCUT2D eigenvalue weighted by atomic mass is 32.1. The van der Waals surface area contributed by atoms with E-state index in [4.69, 9.17) is 4.74 Å². The van der Waals surface area contributed by atoms with Gasteiger partial charge in [-0.1, -0.05) is 11.3 Å². The molecular weight excluding hydrogens is 426 g/mol. The van der Waals surface area contributed by atoms with Crippen molar-refractivity contribution >= 4 is 23.1 Å². The van der Waals surface area contributed by atoms with Crippen LogP contribution in [-0.4, -0.2) is 16.6 Å². The molecule has 7 nitrogen and oxygen atoms in total. The second kappa shape index (κ2) is 8.20. The van der Waals surface area contributed by atoms with Crippen molar-refractivity contribution in [1.82, 2.24) is 4.57 Å². The second-order valence-electron chi connectivity index (χ2n) is 7.84. The number of hydrogen-bond donors (Lipinski definition) is 0. The van der Waals surface area contributed by atoms with E-state index in [1.807, 2.05) is 32.9 Å². The van der Waals surface area contributed by atoms with Gasteiger partial charge in [0.15, 0.2) is 4.80 Å². The summed E-state index contributed by atoms with van der Waals surface area (Å²) in [6, 6.07) is 7.88. The van der Waals surface area contributed by atoms with Crippen LogP contribution in [0.25, 0.3) is 6.08 Å². The fourth-order valence-electron chi connectivity index (χ4n) is 4.09. The lowest BCUT2D eigenvalue weighted by atomic mass is 9.91. The van der Waals surface area contributed by atoms with Gasteiger partial charge in [0.05, 0.1) is 22.6 Å². The van der Waals surface area contributed by atoms with Crippen LogP contribution in [-0.2, 0) is 0 Å². The van der Waals surface area contributed by atoms with Gasteiger partial charge in [0.2, 0.25) is 0 Å². The molecule has 164 valence electrons. The van der Waals surface area contributed by atoms with Crippen molar-refractivity contribution in [3.8, 4) is 5.75 Å². The number of allylic oxidation sites excluding steroid dienone is 2. The molecular formula is C24H23N3O4S. The molecule has 0 N–H and O–H groups in total. The van der Waals surface area contributed by atoms with Crippen LogP contribution in [0.5, 0.6) is 5.75 Å². The minimum Gasteiger partial charge on any atom is -0.496 e. The number of methoxy groups -OCH3 is 1. The van der Waals surface area contributed by atoms with Crippen LogP contribution in [0.3, 0.4) is 0 Å². The molecule has 0 bridgehead atoms. The number of ether oxygens (including phenoxy) is 1. The first-order chi connectivity index (χ1) is 15.2. The predicted molar refractivity (Wildman–Crippen MR) is 125 cm³/mol. The summed E-state index contributed by atoms with van der Waals surface area (Å²) in [4.78, 5) is 29.1. The molecule has 8 heteroatoms. The van der Waals surface area contributed by atoms with Crippen LogP contribution in [0, 0.1) is 30.9 Å². The maximum atomic E-state index is 13.4. The van der Waals surface area contributed by atoms with E-state index in [1.54, 1.807) is 29.9 Å². The Bertz CT molecular complexity index is 1450. The molecule has 3 aromatic rings. The molecule has 1 atom stereocenters. The van der Waals surface area contributed by atoms with Gasteiger partial charge < -0.3 is 4.74 Å². The Morgan fingerprint density at radius 1 is 1.16 bits per heavy atom. The summed E-state index contributed by atoms with van der Waals surface area (Å²) >= 11 is 1.32. The van der Waals surface area contributed by atoms with Crippen molar-refractivity contribution in [1.29, 1.82) is 0 Å². The van der Waals surface area contributed by atoms with Crippen molar-refractivity contribution < 1.29 is 9.66 Å². The quantitative estimate of drug-likeness (QED) is 0.449. The fourth-order valence-corrected chi connectivity index (χ4v) is 5.15. The Morgan fingerprint density at radius 2 is 1.84 bits per heavy atom. The normalized spacial score (nSPS) is 15.7. The first-order valence-electron chi connectivity index (χ1n) is 10.1. The van der Waals surface area contributed by atoms with Gasteiger partial charge >= 0.3 is 0 Å². The maximum absolute atomic E-state index is 13.4. The molecule has 32 heavy (non-hydrogen) atoms. The molecule has 0 aliphatic carbocycles. The highest BCUT2D eigenvalue weighted by molar-refractivity contribution is 7.07. The van der Waals surface area contributed by atoms with E-state index in [2.05, 4.69) is 11.9 Å². The first-order valence-corrected chi connectivity index (χ1v) is 10.9. The summed E-state index contributed by atoms with van der Waals surface area (Å²) in [6.45, 7) is 8.03. The molecule has 0 saturated carbocycles. The number of nitro benzene ring substituents is 1. The summed E-state index contributed by atoms with van der Waals surface area (Å²) in [5, 5.41) is 10.9. The van der Waals surface area contributed by atoms with E-state index in [0.29, 0.717) is 9.33 Å². The van der Waals surface area contributed by atoms with Crippen molar-refractivity contribution in [2.24, 2.45) is 4.99 Å². The summed E-state index contributed by atoms with van der Waals surface area (Å²) in [7, 11) is 1.66. The van der Waals surface area contributed by atoms with Crippen LogP contribution in [0.15, 0.2) is 51.9 Å². The summed E-state index contributed by atoms with van der Waals surface area (Å²) in [5.74, 6) is 0.829. The Labute approximate surface area is 188 Å². The Balaban J connectivity index is 1.90. The van der Waals surface area contributed by atoms with Crippen molar-refractivity contribution in [3.63, 3.8) is 0 Å². The van der Waals surface area contributed by atoms with Gasteiger partial charge in [0, 0.05) is 17.8 Å². The number of fused-ring (bicyclic) bond motifs is 1. The van der Waals surface area contributed by atoms with E-state index < -0.39 is 4.92 Å². The summed E-state index contributed by atoms with van der Waals surface area (Å²) in [6.07, 6.45) is 3.76. The third kappa shape index (κ3) is 3.67. The molecule has 0 fully saturated rings. The molecule has 4 rings (SSSR count). The van der Waals surface area contributed by atoms with E-state index in [0.717, 1.165) is 39.3 Å². The van der Waals surface area contributed by atoms with E-state index in [9.17, 15) is 14.9 Å². The highest BCUT2D eigenvalue weighted by Gasteiger charge is 2.25. The first kappa shape index (κ1) is 21.7. The topological polar surface area (TPSA) is 86.7 Å². The Hall–Kier alpha value is -3.52. The molecule has 2 heterocycles. The lowest BCUT2D eigenvalue weighted by molar-refractivity contribution is -0.384. The van der Waals surface area contributed by atoms with Crippen LogP contribution in [0.1, 0.15) is 40.8 Å². The molecule has 0 spiro atoms. The number of hydrogen-bond acceptors (Lipinski definition) is 6. The molecule has 1 unspecified atom stereocenters. The summed E-state index contributed by atoms with van der Waals surface area (Å²) < 4.78 is 7.78. The zero-order valence-corrected chi connectivity index (χ0v) is 19.3. The zero-order valence-electron chi connectivity index (χ0n) is 18.5. The molecule has 0 saturated heterocycles. The van der Waals surface area contributed by atoms with Gasteiger partial charge in [0.25, 0.3) is 11.2 Å². The lowest BCUT2D eigenvalue weighted by Crippen LogP contribution is -2.36. The zero-order chi connectivity index (χ0) is 23.2. The average Bonchev–Trinajstić information content (AvgIpc) is 3.05. The number of nitrogens with zero attached hydrogens (tertiary/aromatic N) is 3. The molecule has 0 amide bonds. The third-order valence-corrected chi connectivity index (χ3v) is 6.79. The number of nitro groups is 1. The van der Waals surface area contributed by atoms with Crippen molar-refractivity contribution in [3.05, 3.63) is 99.7 Å². The standard InChI is InChI=1S/C24H23N3O4S/c1-13-10-20(31-5)15(3)16(4)22(13)19-11-14(2)25-24-26(19)23(28)21(32-24)12-17-6-8-18(9-7-17)27(29)30/h6-12,19H,1-5H3/b21-12-. The van der Waals surface area contributed by atoms with E-state index in [1.165, 1.54) is 23.5 Å². The van der Waals surface area contributed by atoms with Gasteiger partial charge in [0.1, 0.15) is 5.75 Å². The smallest absolute Gasteiger partial charge is 0.271 e. The van der Waals surface area contributed by atoms with Crippen LogP contribution < -0.4 is 19.6 Å². The summed E-state index contributed by atoms with van der Waals surface area (Å²) in [5.41, 5.74) is 5.71. The van der Waals surface area contributed by atoms with E-state index in [-0.39, 0.29) is 17.3 Å². The molecule has 1 aliphatic rings. The monoisotopic (exact) mass is 449 g/mol. The van der Waals surface area contributed by atoms with E-state index >= 15 is 0 Å². The van der Waals surface area contributed by atoms with Crippen LogP contribution in [0.2, 0.25) is 0 Å². The molecule has 1 aromatic heterocycles. The van der Waals surface area contributed by atoms with Gasteiger partial charge in [-0.25, -0.2) is 4.99 Å². The van der Waals surface area contributed by atoms with Crippen LogP contribution >= 0.6 is 11.3 Å². The molecule has 2 aromatic carbocycles. The van der Waals surface area contributed by atoms with Crippen molar-refractivity contribution in [2.75, 3.05) is 7.11 Å². The minimum absolute atomic E-state index is 0.0139. The largest absolute Gasteiger partial charge is 0.496 e. The second-order valence-corrected chi connectivity index (χ2v) is 8.85. The number of rotatable bonds is 4. The lowest BCUT2D eigenvalue weighted by Gasteiger charge is -2.24. The van der Waals surface area contributed by atoms with Crippen molar-refractivity contribution in [2.45, 2.75) is 33.7 Å². The van der Waals surface area contributed by atoms with Gasteiger partial charge in [-0.2, -0.15) is 0 Å². The molecule has 0 radical (unpaired) electrons. The SMILES string of the molecule is COc1cc(C)c(C2C=C(C)N=c3s/c(=C\c4ccc([N+](=O)[O-])cc4)c(=O)n32)c(C)c1C. The number of thiazole rings is 1. The number of non-ortho nitro benzene ring substituents is 1.